The maximum Gasteiger partial charge on any atom is 0.319 e. The van der Waals surface area contributed by atoms with Gasteiger partial charge in [0.25, 0.3) is 0 Å². The molecule has 4 N–H and O–H groups in total. The largest absolute Gasteiger partial charge is 0.338 e. The third-order valence-corrected chi connectivity index (χ3v) is 5.35. The van der Waals surface area contributed by atoms with Crippen LogP contribution in [-0.4, -0.2) is 25.2 Å². The lowest BCUT2D eigenvalue weighted by molar-refractivity contribution is 0.249. The van der Waals surface area contributed by atoms with Crippen LogP contribution in [0.1, 0.15) is 65.4 Å². The van der Waals surface area contributed by atoms with Crippen LogP contribution in [0.4, 0.5) is 21.0 Å². The average molecular weight is 417 g/mol. The van der Waals surface area contributed by atoms with Gasteiger partial charge in [-0.3, -0.25) is 0 Å². The van der Waals surface area contributed by atoms with Gasteiger partial charge >= 0.3 is 12.1 Å². The maximum absolute atomic E-state index is 12.3. The summed E-state index contributed by atoms with van der Waals surface area (Å²) >= 11 is 0. The van der Waals surface area contributed by atoms with Crippen LogP contribution < -0.4 is 21.3 Å². The van der Waals surface area contributed by atoms with E-state index in [0.29, 0.717) is 36.3 Å². The lowest BCUT2D eigenvalue weighted by Gasteiger charge is -2.17. The lowest BCUT2D eigenvalue weighted by atomic mass is 9.99. The number of urea groups is 2. The van der Waals surface area contributed by atoms with Gasteiger partial charge in [-0.05, 0) is 56.2 Å². The van der Waals surface area contributed by atoms with Gasteiger partial charge in [0.15, 0.2) is 0 Å². The maximum atomic E-state index is 12.3. The van der Waals surface area contributed by atoms with E-state index in [1.54, 1.807) is 6.07 Å². The van der Waals surface area contributed by atoms with Crippen molar-refractivity contribution in [2.75, 3.05) is 23.7 Å². The number of anilines is 2. The van der Waals surface area contributed by atoms with E-state index in [1.807, 2.05) is 32.1 Å². The molecule has 0 heterocycles. The summed E-state index contributed by atoms with van der Waals surface area (Å²) in [6, 6.07) is 5.04. The number of allylic oxidation sites excluding steroid dienone is 1. The standard InChI is InChI=1S/C24H40N4O2/c1-6-10-12-20(9-4)17-25-23(29)27-21-14-13-18(5)22(15-21)28-24(30)26-16-19(8-3)11-7-2/h7,11,13-15,19-20H,6,8-10,12,16-17H2,1-5H3,(H2,25,27,29)(H2,26,28,30)/b11-7+. The molecular formula is C24H40N4O2. The monoisotopic (exact) mass is 416 g/mol. The SMILES string of the molecule is C/C=C/C(CC)CNC(=O)Nc1cc(NC(=O)NCC(CC)CCCC)ccc1C. The summed E-state index contributed by atoms with van der Waals surface area (Å²) in [5, 5.41) is 11.6. The van der Waals surface area contributed by atoms with E-state index in [1.165, 1.54) is 12.8 Å². The average Bonchev–Trinajstić information content (AvgIpc) is 2.73. The van der Waals surface area contributed by atoms with E-state index in [-0.39, 0.29) is 12.1 Å². The lowest BCUT2D eigenvalue weighted by Crippen LogP contribution is -2.33. The Hall–Kier alpha value is -2.50. The molecule has 0 aromatic heterocycles. The van der Waals surface area contributed by atoms with Crippen molar-refractivity contribution < 1.29 is 9.59 Å². The first-order chi connectivity index (χ1) is 14.4. The van der Waals surface area contributed by atoms with Crippen LogP contribution in [0.5, 0.6) is 0 Å². The van der Waals surface area contributed by atoms with E-state index in [4.69, 9.17) is 0 Å². The highest BCUT2D eigenvalue weighted by molar-refractivity contribution is 5.93. The minimum atomic E-state index is -0.246. The molecule has 0 aliphatic heterocycles. The molecule has 168 valence electrons. The number of nitrogens with one attached hydrogen (secondary N) is 4. The molecule has 6 nitrogen and oxygen atoms in total. The topological polar surface area (TPSA) is 82.3 Å². The second-order valence-electron chi connectivity index (χ2n) is 7.81. The van der Waals surface area contributed by atoms with E-state index in [0.717, 1.165) is 24.8 Å². The third-order valence-electron chi connectivity index (χ3n) is 5.35. The Morgan fingerprint density at radius 3 is 2.33 bits per heavy atom. The van der Waals surface area contributed by atoms with E-state index >= 15 is 0 Å². The van der Waals surface area contributed by atoms with Gasteiger partial charge in [-0.25, -0.2) is 9.59 Å². The summed E-state index contributed by atoms with van der Waals surface area (Å²) in [7, 11) is 0. The fourth-order valence-electron chi connectivity index (χ4n) is 3.20. The number of unbranched alkanes of at least 4 members (excludes halogenated alkanes) is 1. The summed E-state index contributed by atoms with van der Waals surface area (Å²) < 4.78 is 0. The smallest absolute Gasteiger partial charge is 0.319 e. The number of hydrogen-bond acceptors (Lipinski definition) is 2. The predicted molar refractivity (Wildman–Crippen MR) is 127 cm³/mol. The van der Waals surface area contributed by atoms with Crippen LogP contribution >= 0.6 is 0 Å². The molecular weight excluding hydrogens is 376 g/mol. The Bertz CT molecular complexity index is 688. The molecule has 0 saturated heterocycles. The Morgan fingerprint density at radius 2 is 1.70 bits per heavy atom. The minimum absolute atomic E-state index is 0.221. The summed E-state index contributed by atoms with van der Waals surface area (Å²) in [6.45, 7) is 11.6. The predicted octanol–water partition coefficient (Wildman–Crippen LogP) is 6.06. The molecule has 2 unspecified atom stereocenters. The van der Waals surface area contributed by atoms with Crippen LogP contribution in [0.3, 0.4) is 0 Å². The summed E-state index contributed by atoms with van der Waals surface area (Å²) in [6.07, 6.45) is 9.61. The molecule has 0 saturated carbocycles. The van der Waals surface area contributed by atoms with Gasteiger partial charge < -0.3 is 21.3 Å². The van der Waals surface area contributed by atoms with Gasteiger partial charge in [0.05, 0.1) is 0 Å². The van der Waals surface area contributed by atoms with Crippen LogP contribution in [0.25, 0.3) is 0 Å². The molecule has 0 fully saturated rings. The second-order valence-corrected chi connectivity index (χ2v) is 7.81. The molecule has 30 heavy (non-hydrogen) atoms. The van der Waals surface area contributed by atoms with Crippen LogP contribution in [-0.2, 0) is 0 Å². The molecule has 1 rings (SSSR count). The molecule has 6 heteroatoms. The number of hydrogen-bond donors (Lipinski definition) is 4. The van der Waals surface area contributed by atoms with E-state index in [2.05, 4.69) is 48.1 Å². The van der Waals surface area contributed by atoms with Crippen molar-refractivity contribution in [3.05, 3.63) is 35.9 Å². The van der Waals surface area contributed by atoms with Gasteiger partial charge in [0, 0.05) is 24.5 Å². The van der Waals surface area contributed by atoms with Crippen LogP contribution in [0, 0.1) is 18.8 Å². The van der Waals surface area contributed by atoms with E-state index in [9.17, 15) is 9.59 Å². The van der Waals surface area contributed by atoms with Crippen molar-refractivity contribution in [1.82, 2.24) is 10.6 Å². The Morgan fingerprint density at radius 1 is 1.00 bits per heavy atom. The molecule has 0 aliphatic carbocycles. The van der Waals surface area contributed by atoms with Crippen molar-refractivity contribution in [2.45, 2.75) is 66.7 Å². The number of carbonyl (C=O) groups excluding carboxylic acids is 2. The molecule has 0 radical (unpaired) electrons. The highest BCUT2D eigenvalue weighted by Crippen LogP contribution is 2.20. The van der Waals surface area contributed by atoms with Crippen molar-refractivity contribution in [1.29, 1.82) is 0 Å². The molecule has 0 bridgehead atoms. The molecule has 0 spiro atoms. The molecule has 0 aliphatic rings. The molecule has 2 atom stereocenters. The number of aryl methyl sites for hydroxylation is 1. The number of carbonyl (C=O) groups is 2. The van der Waals surface area contributed by atoms with Crippen molar-refractivity contribution in [2.24, 2.45) is 11.8 Å². The van der Waals surface area contributed by atoms with Gasteiger partial charge in [-0.15, -0.1) is 0 Å². The first-order valence-corrected chi connectivity index (χ1v) is 11.3. The van der Waals surface area contributed by atoms with Crippen molar-refractivity contribution >= 4 is 23.4 Å². The molecule has 1 aromatic carbocycles. The first-order valence-electron chi connectivity index (χ1n) is 11.3. The summed E-state index contributed by atoms with van der Waals surface area (Å²) in [4.78, 5) is 24.5. The zero-order valence-electron chi connectivity index (χ0n) is 19.3. The molecule has 1 aromatic rings. The van der Waals surface area contributed by atoms with Gasteiger partial charge in [0.1, 0.15) is 0 Å². The van der Waals surface area contributed by atoms with Crippen LogP contribution in [0.15, 0.2) is 30.4 Å². The zero-order valence-corrected chi connectivity index (χ0v) is 19.3. The Kier molecular flexibility index (Phi) is 12.3. The quantitative estimate of drug-likeness (QED) is 0.312. The normalized spacial score (nSPS) is 13.0. The summed E-state index contributed by atoms with van der Waals surface area (Å²) in [5.74, 6) is 0.826. The zero-order chi connectivity index (χ0) is 22.4. The molecule has 4 amide bonds. The van der Waals surface area contributed by atoms with Crippen molar-refractivity contribution in [3.63, 3.8) is 0 Å². The number of rotatable bonds is 12. The minimum Gasteiger partial charge on any atom is -0.338 e. The number of benzene rings is 1. The van der Waals surface area contributed by atoms with Gasteiger partial charge in [-0.1, -0.05) is 58.3 Å². The fourth-order valence-corrected chi connectivity index (χ4v) is 3.20. The first kappa shape index (κ1) is 25.5. The third kappa shape index (κ3) is 9.81. The Balaban J connectivity index is 2.59. The van der Waals surface area contributed by atoms with Crippen molar-refractivity contribution in [3.8, 4) is 0 Å². The Labute approximate surface area is 182 Å². The highest BCUT2D eigenvalue weighted by atomic mass is 16.2. The van der Waals surface area contributed by atoms with Gasteiger partial charge in [0.2, 0.25) is 0 Å². The highest BCUT2D eigenvalue weighted by Gasteiger charge is 2.11. The van der Waals surface area contributed by atoms with Gasteiger partial charge in [-0.2, -0.15) is 0 Å². The van der Waals surface area contributed by atoms with E-state index < -0.39 is 0 Å². The number of amides is 4. The fraction of sp³-hybridized carbons (Fsp3) is 0.583. The second kappa shape index (κ2) is 14.5. The summed E-state index contributed by atoms with van der Waals surface area (Å²) in [5.41, 5.74) is 2.26. The van der Waals surface area contributed by atoms with Crippen LogP contribution in [0.2, 0.25) is 0 Å².